The van der Waals surface area contributed by atoms with Gasteiger partial charge in [-0.3, -0.25) is 4.79 Å². The molecule has 0 aliphatic heterocycles. The molecule has 2 rings (SSSR count). The highest BCUT2D eigenvalue weighted by Crippen LogP contribution is 2.25. The van der Waals surface area contributed by atoms with Crippen LogP contribution in [0.25, 0.3) is 0 Å². The van der Waals surface area contributed by atoms with Gasteiger partial charge in [-0.15, -0.1) is 0 Å². The third kappa shape index (κ3) is 3.60. The van der Waals surface area contributed by atoms with Crippen molar-refractivity contribution in [1.29, 1.82) is 0 Å². The van der Waals surface area contributed by atoms with Crippen LogP contribution in [-0.4, -0.2) is 26.3 Å². The SMILES string of the molecule is COc1cccc(OC)c1/C=N\NC(=O)c1ccccc1. The summed E-state index contributed by atoms with van der Waals surface area (Å²) >= 11 is 0. The van der Waals surface area contributed by atoms with Crippen molar-refractivity contribution in [2.75, 3.05) is 14.2 Å². The molecule has 0 aliphatic rings. The predicted molar refractivity (Wildman–Crippen MR) is 81.0 cm³/mol. The number of carbonyl (C=O) groups excluding carboxylic acids is 1. The van der Waals surface area contributed by atoms with Crippen LogP contribution in [0.4, 0.5) is 0 Å². The van der Waals surface area contributed by atoms with E-state index in [2.05, 4.69) is 10.5 Å². The van der Waals surface area contributed by atoms with Crippen LogP contribution in [0.2, 0.25) is 0 Å². The lowest BCUT2D eigenvalue weighted by Gasteiger charge is -2.09. The predicted octanol–water partition coefficient (Wildman–Crippen LogP) is 2.47. The number of ether oxygens (including phenoxy) is 2. The molecule has 0 heterocycles. The number of nitrogens with zero attached hydrogens (tertiary/aromatic N) is 1. The van der Waals surface area contributed by atoms with Crippen LogP contribution >= 0.6 is 0 Å². The summed E-state index contributed by atoms with van der Waals surface area (Å²) in [7, 11) is 3.13. The van der Waals surface area contributed by atoms with E-state index >= 15 is 0 Å². The van der Waals surface area contributed by atoms with Crippen LogP contribution in [0.15, 0.2) is 53.6 Å². The molecule has 0 spiro atoms. The van der Waals surface area contributed by atoms with Crippen molar-refractivity contribution < 1.29 is 14.3 Å². The molecule has 0 aromatic heterocycles. The Bertz CT molecular complexity index is 617. The summed E-state index contributed by atoms with van der Waals surface area (Å²) in [6.07, 6.45) is 1.50. The monoisotopic (exact) mass is 284 g/mol. The molecule has 0 aliphatic carbocycles. The molecule has 0 bridgehead atoms. The average molecular weight is 284 g/mol. The molecule has 1 amide bonds. The number of amides is 1. The second kappa shape index (κ2) is 7.09. The molecular weight excluding hydrogens is 268 g/mol. The van der Waals surface area contributed by atoms with Gasteiger partial charge in [-0.2, -0.15) is 5.10 Å². The minimum Gasteiger partial charge on any atom is -0.496 e. The number of hydrogen-bond donors (Lipinski definition) is 1. The average Bonchev–Trinajstić information content (AvgIpc) is 2.55. The van der Waals surface area contributed by atoms with E-state index in [1.54, 1.807) is 50.6 Å². The zero-order chi connectivity index (χ0) is 15.1. The molecule has 0 radical (unpaired) electrons. The molecule has 0 atom stereocenters. The van der Waals surface area contributed by atoms with Gasteiger partial charge in [-0.05, 0) is 24.3 Å². The van der Waals surface area contributed by atoms with E-state index in [9.17, 15) is 4.79 Å². The lowest BCUT2D eigenvalue weighted by atomic mass is 10.2. The smallest absolute Gasteiger partial charge is 0.271 e. The summed E-state index contributed by atoms with van der Waals surface area (Å²) in [6, 6.07) is 14.3. The summed E-state index contributed by atoms with van der Waals surface area (Å²) in [5, 5.41) is 3.95. The lowest BCUT2D eigenvalue weighted by molar-refractivity contribution is 0.0955. The molecule has 1 N–H and O–H groups in total. The number of carbonyl (C=O) groups is 1. The van der Waals surface area contributed by atoms with Crippen molar-refractivity contribution in [1.82, 2.24) is 5.43 Å². The number of methoxy groups -OCH3 is 2. The third-order valence-electron chi connectivity index (χ3n) is 2.86. The highest BCUT2D eigenvalue weighted by Gasteiger charge is 2.07. The molecule has 21 heavy (non-hydrogen) atoms. The number of hydrazone groups is 1. The Morgan fingerprint density at radius 3 is 2.19 bits per heavy atom. The lowest BCUT2D eigenvalue weighted by Crippen LogP contribution is -2.17. The first-order valence-electron chi connectivity index (χ1n) is 6.35. The maximum Gasteiger partial charge on any atom is 0.271 e. The van der Waals surface area contributed by atoms with Crippen molar-refractivity contribution in [2.45, 2.75) is 0 Å². The number of hydrogen-bond acceptors (Lipinski definition) is 4. The van der Waals surface area contributed by atoms with Gasteiger partial charge < -0.3 is 9.47 Å². The van der Waals surface area contributed by atoms with E-state index in [1.165, 1.54) is 6.21 Å². The Morgan fingerprint density at radius 1 is 1.00 bits per heavy atom. The molecule has 0 saturated heterocycles. The third-order valence-corrected chi connectivity index (χ3v) is 2.86. The first-order chi connectivity index (χ1) is 10.3. The second-order valence-electron chi connectivity index (χ2n) is 4.14. The van der Waals surface area contributed by atoms with Crippen LogP contribution in [-0.2, 0) is 0 Å². The van der Waals surface area contributed by atoms with Crippen molar-refractivity contribution in [3.63, 3.8) is 0 Å². The Kier molecular flexibility index (Phi) is 4.93. The van der Waals surface area contributed by atoms with E-state index < -0.39 is 0 Å². The topological polar surface area (TPSA) is 59.9 Å². The summed E-state index contributed by atoms with van der Waals surface area (Å²) in [5.41, 5.74) is 3.68. The fraction of sp³-hybridized carbons (Fsp3) is 0.125. The maximum absolute atomic E-state index is 11.9. The summed E-state index contributed by atoms with van der Waals surface area (Å²) in [6.45, 7) is 0. The number of nitrogens with one attached hydrogen (secondary N) is 1. The maximum atomic E-state index is 11.9. The van der Waals surface area contributed by atoms with E-state index in [-0.39, 0.29) is 5.91 Å². The van der Waals surface area contributed by atoms with E-state index in [0.29, 0.717) is 22.6 Å². The molecule has 5 heteroatoms. The standard InChI is InChI=1S/C16H16N2O3/c1-20-14-9-6-10-15(21-2)13(14)11-17-18-16(19)12-7-4-3-5-8-12/h3-11H,1-2H3,(H,18,19)/b17-11-. The van der Waals surface area contributed by atoms with Gasteiger partial charge in [0.25, 0.3) is 5.91 Å². The summed E-state index contributed by atoms with van der Waals surface area (Å²) < 4.78 is 10.5. The highest BCUT2D eigenvalue weighted by atomic mass is 16.5. The molecule has 5 nitrogen and oxygen atoms in total. The van der Waals surface area contributed by atoms with Crippen LogP contribution in [0, 0.1) is 0 Å². The first-order valence-corrected chi connectivity index (χ1v) is 6.35. The van der Waals surface area contributed by atoms with Crippen molar-refractivity contribution in [3.05, 3.63) is 59.7 Å². The highest BCUT2D eigenvalue weighted by molar-refractivity contribution is 5.95. The zero-order valence-electron chi connectivity index (χ0n) is 11.9. The number of benzene rings is 2. The van der Waals surface area contributed by atoms with Gasteiger partial charge in [0.05, 0.1) is 26.0 Å². The molecule has 2 aromatic rings. The van der Waals surface area contributed by atoms with Gasteiger partial charge in [0.1, 0.15) is 11.5 Å². The summed E-state index contributed by atoms with van der Waals surface area (Å²) in [5.74, 6) is 0.958. The Labute approximate surface area is 123 Å². The fourth-order valence-electron chi connectivity index (χ4n) is 1.82. The van der Waals surface area contributed by atoms with Crippen molar-refractivity contribution in [2.24, 2.45) is 5.10 Å². The van der Waals surface area contributed by atoms with Crippen molar-refractivity contribution >= 4 is 12.1 Å². The van der Waals surface area contributed by atoms with Gasteiger partial charge in [-0.25, -0.2) is 5.43 Å². The Hall–Kier alpha value is -2.82. The van der Waals surface area contributed by atoms with Gasteiger partial charge in [0.15, 0.2) is 0 Å². The van der Waals surface area contributed by atoms with Crippen LogP contribution in [0.3, 0.4) is 0 Å². The first kappa shape index (κ1) is 14.6. The van der Waals surface area contributed by atoms with Crippen LogP contribution in [0.1, 0.15) is 15.9 Å². The quantitative estimate of drug-likeness (QED) is 0.677. The molecule has 0 saturated carbocycles. The number of rotatable bonds is 5. The molecule has 2 aromatic carbocycles. The molecular formula is C16H16N2O3. The minimum atomic E-state index is -0.277. The molecule has 108 valence electrons. The Morgan fingerprint density at radius 2 is 1.62 bits per heavy atom. The van der Waals surface area contributed by atoms with Gasteiger partial charge >= 0.3 is 0 Å². The fourth-order valence-corrected chi connectivity index (χ4v) is 1.82. The summed E-state index contributed by atoms with van der Waals surface area (Å²) in [4.78, 5) is 11.9. The van der Waals surface area contributed by atoms with Gasteiger partial charge in [0, 0.05) is 5.56 Å². The van der Waals surface area contributed by atoms with E-state index in [0.717, 1.165) is 0 Å². The largest absolute Gasteiger partial charge is 0.496 e. The van der Waals surface area contributed by atoms with Crippen molar-refractivity contribution in [3.8, 4) is 11.5 Å². The second-order valence-corrected chi connectivity index (χ2v) is 4.14. The minimum absolute atomic E-state index is 0.277. The van der Waals surface area contributed by atoms with Gasteiger partial charge in [0.2, 0.25) is 0 Å². The van der Waals surface area contributed by atoms with Gasteiger partial charge in [-0.1, -0.05) is 24.3 Å². The van der Waals surface area contributed by atoms with E-state index in [4.69, 9.17) is 9.47 Å². The zero-order valence-corrected chi connectivity index (χ0v) is 11.9. The van der Waals surface area contributed by atoms with Crippen LogP contribution in [0.5, 0.6) is 11.5 Å². The van der Waals surface area contributed by atoms with Crippen LogP contribution < -0.4 is 14.9 Å². The molecule has 0 fully saturated rings. The Balaban J connectivity index is 2.13. The van der Waals surface area contributed by atoms with E-state index in [1.807, 2.05) is 12.1 Å². The normalized spacial score (nSPS) is 10.4. The molecule has 0 unspecified atom stereocenters.